The van der Waals surface area contributed by atoms with Gasteiger partial charge in [-0.25, -0.2) is 9.79 Å². The fourth-order valence-electron chi connectivity index (χ4n) is 5.76. The molecule has 5 rings (SSSR count). The number of hydrogen-bond donors (Lipinski definition) is 0. The molecule has 1 amide bonds. The summed E-state index contributed by atoms with van der Waals surface area (Å²) < 4.78 is 5.13. The third-order valence-corrected chi connectivity index (χ3v) is 8.75. The molecule has 1 aromatic carbocycles. The van der Waals surface area contributed by atoms with Gasteiger partial charge in [0.1, 0.15) is 0 Å². The van der Waals surface area contributed by atoms with Gasteiger partial charge in [-0.3, -0.25) is 4.79 Å². The topological polar surface area (TPSA) is 65.5 Å². The Labute approximate surface area is 222 Å². The number of fused-ring (bicyclic) bond motifs is 1. The molecule has 1 unspecified atom stereocenters. The van der Waals surface area contributed by atoms with Crippen molar-refractivity contribution in [1.82, 2.24) is 14.7 Å². The van der Waals surface area contributed by atoms with Crippen molar-refractivity contribution in [2.24, 2.45) is 4.99 Å². The Kier molecular flexibility index (Phi) is 7.74. The van der Waals surface area contributed by atoms with Gasteiger partial charge < -0.3 is 19.4 Å². The van der Waals surface area contributed by atoms with Crippen molar-refractivity contribution < 1.29 is 14.3 Å². The number of amidine groups is 1. The minimum Gasteiger partial charge on any atom is -0.466 e. The molecule has 2 saturated heterocycles. The molecule has 9 heteroatoms. The summed E-state index contributed by atoms with van der Waals surface area (Å²) in [5.41, 5.74) is 2.79. The highest BCUT2D eigenvalue weighted by molar-refractivity contribution is 8.16. The predicted octanol–water partition coefficient (Wildman–Crippen LogP) is 4.95. The molecule has 2 fully saturated rings. The van der Waals surface area contributed by atoms with Gasteiger partial charge in [0.2, 0.25) is 5.91 Å². The first-order valence-corrected chi connectivity index (χ1v) is 14.0. The van der Waals surface area contributed by atoms with Gasteiger partial charge in [-0.15, -0.1) is 0 Å². The molecule has 192 valence electrons. The van der Waals surface area contributed by atoms with E-state index in [0.29, 0.717) is 22.3 Å². The van der Waals surface area contributed by atoms with Crippen molar-refractivity contribution in [2.75, 3.05) is 33.3 Å². The van der Waals surface area contributed by atoms with Crippen LogP contribution in [0.25, 0.3) is 0 Å². The lowest BCUT2D eigenvalue weighted by Gasteiger charge is -2.40. The van der Waals surface area contributed by atoms with Crippen LogP contribution in [0.1, 0.15) is 57.1 Å². The number of esters is 1. The Balaban J connectivity index is 1.33. The number of carbonyl (C=O) groups is 2. The number of amides is 1. The van der Waals surface area contributed by atoms with Crippen LogP contribution >= 0.6 is 23.4 Å². The maximum atomic E-state index is 13.4. The first-order chi connectivity index (χ1) is 17.5. The number of methoxy groups -OCH3 is 1. The highest BCUT2D eigenvalue weighted by Gasteiger charge is 2.41. The Bertz CT molecular complexity index is 1120. The summed E-state index contributed by atoms with van der Waals surface area (Å²) in [5, 5.41) is 3.34. The monoisotopic (exact) mass is 528 g/mol. The van der Waals surface area contributed by atoms with Gasteiger partial charge in [-0.05, 0) is 68.8 Å². The molecule has 1 atom stereocenters. The zero-order chi connectivity index (χ0) is 25.2. The van der Waals surface area contributed by atoms with Gasteiger partial charge in [-0.2, -0.15) is 0 Å². The summed E-state index contributed by atoms with van der Waals surface area (Å²) in [4.78, 5) is 37.6. The van der Waals surface area contributed by atoms with E-state index < -0.39 is 12.0 Å². The summed E-state index contributed by atoms with van der Waals surface area (Å²) in [6.45, 7) is 5.81. The van der Waals surface area contributed by atoms with E-state index in [1.54, 1.807) is 0 Å². The quantitative estimate of drug-likeness (QED) is 0.504. The standard InChI is InChI=1S/C27H33ClN4O3S/c1-18-24(26(34)35-2)25(19-7-6-8-20(28)15-19)32-22(17-36-27(32)29-18)16-23(33)31-13-9-21(10-14-31)30-11-4-3-5-12-30/h6-8,15,17,21,25H,3-5,9-14,16H2,1-2H3. The van der Waals surface area contributed by atoms with Crippen LogP contribution in [-0.2, 0) is 14.3 Å². The second kappa shape index (κ2) is 11.0. The molecule has 36 heavy (non-hydrogen) atoms. The fraction of sp³-hybridized carbons (Fsp3) is 0.519. The SMILES string of the molecule is COC(=O)C1=C(C)N=C2SC=C(CC(=O)N3CCC(N4CCCCC4)CC3)N2C1c1cccc(Cl)c1. The third kappa shape index (κ3) is 5.08. The summed E-state index contributed by atoms with van der Waals surface area (Å²) in [5.74, 6) is -0.307. The van der Waals surface area contributed by atoms with Crippen molar-refractivity contribution in [2.45, 2.75) is 57.5 Å². The van der Waals surface area contributed by atoms with Crippen molar-refractivity contribution in [3.8, 4) is 0 Å². The molecule has 0 spiro atoms. The summed E-state index contributed by atoms with van der Waals surface area (Å²) >= 11 is 7.82. The van der Waals surface area contributed by atoms with Crippen LogP contribution in [0, 0.1) is 0 Å². The normalized spacial score (nSPS) is 23.4. The van der Waals surface area contributed by atoms with Gasteiger partial charge in [0.15, 0.2) is 5.17 Å². The number of aliphatic imine (C=N–C) groups is 1. The van der Waals surface area contributed by atoms with Crippen LogP contribution in [0.15, 0.2) is 51.6 Å². The highest BCUT2D eigenvalue weighted by atomic mass is 35.5. The molecule has 4 aliphatic rings. The number of benzene rings is 1. The van der Waals surface area contributed by atoms with Gasteiger partial charge in [-0.1, -0.05) is 41.9 Å². The lowest BCUT2D eigenvalue weighted by Crippen LogP contribution is -2.48. The molecule has 0 aromatic heterocycles. The maximum Gasteiger partial charge on any atom is 0.338 e. The number of likely N-dealkylation sites (tertiary alicyclic amines) is 2. The lowest BCUT2D eigenvalue weighted by atomic mass is 9.94. The van der Waals surface area contributed by atoms with Crippen molar-refractivity contribution >= 4 is 40.4 Å². The van der Waals surface area contributed by atoms with E-state index in [1.165, 1.54) is 51.2 Å². The molecule has 4 aliphatic heterocycles. The molecule has 0 bridgehead atoms. The minimum atomic E-state index is -0.456. The number of hydrogen-bond acceptors (Lipinski definition) is 7. The summed E-state index contributed by atoms with van der Waals surface area (Å²) in [6, 6.07) is 7.63. The van der Waals surface area contributed by atoms with Gasteiger partial charge in [0.25, 0.3) is 0 Å². The third-order valence-electron chi connectivity index (χ3n) is 7.63. The largest absolute Gasteiger partial charge is 0.466 e. The van der Waals surface area contributed by atoms with E-state index in [2.05, 4.69) is 4.90 Å². The Morgan fingerprint density at radius 1 is 1.14 bits per heavy atom. The Morgan fingerprint density at radius 3 is 2.58 bits per heavy atom. The van der Waals surface area contributed by atoms with Crippen LogP contribution in [0.5, 0.6) is 0 Å². The Morgan fingerprint density at radius 2 is 1.89 bits per heavy atom. The number of thioether (sulfide) groups is 1. The molecule has 0 radical (unpaired) electrons. The first kappa shape index (κ1) is 25.4. The second-order valence-electron chi connectivity index (χ2n) is 9.82. The smallest absolute Gasteiger partial charge is 0.338 e. The molecule has 0 aliphatic carbocycles. The maximum absolute atomic E-state index is 13.4. The summed E-state index contributed by atoms with van der Waals surface area (Å²) in [7, 11) is 1.38. The van der Waals surface area contributed by atoms with Gasteiger partial charge in [0.05, 0.1) is 30.8 Å². The predicted molar refractivity (Wildman–Crippen MR) is 143 cm³/mol. The summed E-state index contributed by atoms with van der Waals surface area (Å²) in [6.07, 6.45) is 6.27. The number of ether oxygens (including phenoxy) is 1. The molecule has 0 saturated carbocycles. The molecule has 7 nitrogen and oxygen atoms in total. The van der Waals surface area contributed by atoms with Crippen molar-refractivity contribution in [3.63, 3.8) is 0 Å². The molecule has 4 heterocycles. The van der Waals surface area contributed by atoms with Crippen LogP contribution in [0.4, 0.5) is 0 Å². The number of carbonyl (C=O) groups excluding carboxylic acids is 2. The van der Waals surface area contributed by atoms with Crippen LogP contribution in [0.2, 0.25) is 5.02 Å². The zero-order valence-electron chi connectivity index (χ0n) is 20.9. The zero-order valence-corrected chi connectivity index (χ0v) is 22.5. The molecule has 1 aromatic rings. The average molecular weight is 529 g/mol. The highest BCUT2D eigenvalue weighted by Crippen LogP contribution is 2.45. The molecular weight excluding hydrogens is 496 g/mol. The number of allylic oxidation sites excluding steroid dienone is 1. The van der Waals surface area contributed by atoms with E-state index in [4.69, 9.17) is 21.3 Å². The van der Waals surface area contributed by atoms with Crippen molar-refractivity contribution in [1.29, 1.82) is 0 Å². The van der Waals surface area contributed by atoms with E-state index in [0.717, 1.165) is 42.4 Å². The molecule has 0 N–H and O–H groups in total. The van der Waals surface area contributed by atoms with Crippen LogP contribution < -0.4 is 0 Å². The number of halogens is 1. The van der Waals surface area contributed by atoms with Crippen LogP contribution in [-0.4, -0.2) is 71.1 Å². The first-order valence-electron chi connectivity index (χ1n) is 12.8. The minimum absolute atomic E-state index is 0.121. The van der Waals surface area contributed by atoms with Crippen molar-refractivity contribution in [3.05, 3.63) is 57.2 Å². The molecular formula is C27H33ClN4O3S. The van der Waals surface area contributed by atoms with Gasteiger partial charge >= 0.3 is 5.97 Å². The Hall–Kier alpha value is -2.29. The average Bonchev–Trinajstić information content (AvgIpc) is 3.29. The van der Waals surface area contributed by atoms with Crippen LogP contribution in [0.3, 0.4) is 0 Å². The van der Waals surface area contributed by atoms with E-state index in [9.17, 15) is 9.59 Å². The number of rotatable bonds is 5. The van der Waals surface area contributed by atoms with E-state index in [1.807, 2.05) is 46.4 Å². The second-order valence-corrected chi connectivity index (χ2v) is 11.1. The lowest BCUT2D eigenvalue weighted by molar-refractivity contribution is -0.136. The number of piperidine rings is 2. The number of nitrogens with zero attached hydrogens (tertiary/aromatic N) is 4. The van der Waals surface area contributed by atoms with E-state index in [-0.39, 0.29) is 12.3 Å². The fourth-order valence-corrected chi connectivity index (χ4v) is 6.93. The van der Waals surface area contributed by atoms with E-state index >= 15 is 0 Å². The van der Waals surface area contributed by atoms with Gasteiger partial charge in [0, 0.05) is 29.9 Å².